The molecule has 0 radical (unpaired) electrons. The quantitative estimate of drug-likeness (QED) is 0.658. The molecule has 0 aliphatic carbocycles. The third kappa shape index (κ3) is 5.77. The molecule has 0 aromatic rings. The van der Waals surface area contributed by atoms with Gasteiger partial charge >= 0.3 is 6.09 Å². The van der Waals surface area contributed by atoms with Gasteiger partial charge in [-0.3, -0.25) is 0 Å². The van der Waals surface area contributed by atoms with E-state index < -0.39 is 0 Å². The van der Waals surface area contributed by atoms with Gasteiger partial charge in [-0.25, -0.2) is 4.79 Å². The van der Waals surface area contributed by atoms with Gasteiger partial charge in [0.1, 0.15) is 6.10 Å². The normalized spacial score (nSPS) is 12.9. The second kappa shape index (κ2) is 6.70. The molecule has 1 atom stereocenters. The average molecular weight is 171 g/mol. The van der Waals surface area contributed by atoms with E-state index in [1.165, 1.54) is 0 Å². The van der Waals surface area contributed by atoms with Crippen LogP contribution in [0.3, 0.4) is 0 Å². The van der Waals surface area contributed by atoms with Crippen LogP contribution in [-0.2, 0) is 4.74 Å². The molecule has 0 bridgehead atoms. The molecule has 0 heterocycles. The zero-order valence-corrected chi connectivity index (χ0v) is 7.96. The van der Waals surface area contributed by atoms with Crippen molar-refractivity contribution in [2.24, 2.45) is 0 Å². The van der Waals surface area contributed by atoms with Crippen LogP contribution in [-0.4, -0.2) is 18.7 Å². The number of hydrogen-bond donors (Lipinski definition) is 1. The summed E-state index contributed by atoms with van der Waals surface area (Å²) in [5.41, 5.74) is 0. The Morgan fingerprint density at radius 2 is 2.33 bits per heavy atom. The van der Waals surface area contributed by atoms with Crippen LogP contribution >= 0.6 is 0 Å². The molecule has 70 valence electrons. The largest absolute Gasteiger partial charge is 0.447 e. The molecule has 0 spiro atoms. The van der Waals surface area contributed by atoms with Crippen LogP contribution in [0.1, 0.15) is 27.2 Å². The van der Waals surface area contributed by atoms with Crippen molar-refractivity contribution in [2.45, 2.75) is 33.3 Å². The summed E-state index contributed by atoms with van der Waals surface area (Å²) in [4.78, 5) is 10.9. The van der Waals surface area contributed by atoms with Gasteiger partial charge in [0, 0.05) is 6.54 Å². The standard InChI is InChI=1S/C9H17NO2/c1-4-6-7-10-9(11)12-8(3)5-2/h4,6,8H,5,7H2,1-3H3,(H,10,11)/b6-4+. The summed E-state index contributed by atoms with van der Waals surface area (Å²) in [5, 5.41) is 2.60. The molecule has 1 unspecified atom stereocenters. The maximum absolute atomic E-state index is 10.9. The molecule has 0 saturated carbocycles. The Bertz CT molecular complexity index is 155. The molecule has 1 N–H and O–H groups in total. The smallest absolute Gasteiger partial charge is 0.407 e. The maximum Gasteiger partial charge on any atom is 0.407 e. The van der Waals surface area contributed by atoms with E-state index in [0.29, 0.717) is 6.54 Å². The Hall–Kier alpha value is -0.990. The number of alkyl carbamates (subject to hydrolysis) is 1. The van der Waals surface area contributed by atoms with Gasteiger partial charge < -0.3 is 10.1 Å². The summed E-state index contributed by atoms with van der Waals surface area (Å²) in [6, 6.07) is 0. The minimum absolute atomic E-state index is 0.00407. The lowest BCUT2D eigenvalue weighted by molar-refractivity contribution is 0.106. The minimum Gasteiger partial charge on any atom is -0.447 e. The average Bonchev–Trinajstić information content (AvgIpc) is 2.05. The minimum atomic E-state index is -0.345. The van der Waals surface area contributed by atoms with E-state index in [-0.39, 0.29) is 12.2 Å². The first kappa shape index (κ1) is 11.0. The van der Waals surface area contributed by atoms with Gasteiger partial charge in [0.15, 0.2) is 0 Å². The maximum atomic E-state index is 10.9. The monoisotopic (exact) mass is 171 g/mol. The van der Waals surface area contributed by atoms with Gasteiger partial charge in [-0.15, -0.1) is 0 Å². The van der Waals surface area contributed by atoms with Crippen molar-refractivity contribution in [2.75, 3.05) is 6.54 Å². The van der Waals surface area contributed by atoms with Crippen molar-refractivity contribution in [3.8, 4) is 0 Å². The summed E-state index contributed by atoms with van der Waals surface area (Å²) in [7, 11) is 0. The van der Waals surface area contributed by atoms with E-state index in [1.54, 1.807) is 0 Å². The zero-order valence-electron chi connectivity index (χ0n) is 7.96. The van der Waals surface area contributed by atoms with E-state index in [9.17, 15) is 4.79 Å². The highest BCUT2D eigenvalue weighted by Gasteiger charge is 2.04. The van der Waals surface area contributed by atoms with Gasteiger partial charge in [0.25, 0.3) is 0 Å². The third-order valence-corrected chi connectivity index (χ3v) is 1.48. The van der Waals surface area contributed by atoms with E-state index in [4.69, 9.17) is 4.74 Å². The molecule has 0 aromatic heterocycles. The Kier molecular flexibility index (Phi) is 6.15. The highest BCUT2D eigenvalue weighted by atomic mass is 16.6. The summed E-state index contributed by atoms with van der Waals surface area (Å²) < 4.78 is 4.96. The molecule has 0 aliphatic rings. The molecular formula is C9H17NO2. The number of nitrogens with one attached hydrogen (secondary N) is 1. The number of ether oxygens (including phenoxy) is 1. The lowest BCUT2D eigenvalue weighted by atomic mass is 10.3. The molecule has 0 saturated heterocycles. The Morgan fingerprint density at radius 3 is 2.83 bits per heavy atom. The third-order valence-electron chi connectivity index (χ3n) is 1.48. The van der Waals surface area contributed by atoms with Gasteiger partial charge in [-0.05, 0) is 20.3 Å². The summed E-state index contributed by atoms with van der Waals surface area (Å²) in [6.07, 6.45) is 4.23. The molecule has 3 nitrogen and oxygen atoms in total. The number of hydrogen-bond acceptors (Lipinski definition) is 2. The first-order valence-corrected chi connectivity index (χ1v) is 4.26. The van der Waals surface area contributed by atoms with Crippen LogP contribution in [0, 0.1) is 0 Å². The number of allylic oxidation sites excluding steroid dienone is 1. The van der Waals surface area contributed by atoms with Gasteiger partial charge in [0.05, 0.1) is 0 Å². The summed E-state index contributed by atoms with van der Waals surface area (Å²) in [5.74, 6) is 0. The van der Waals surface area contributed by atoms with Crippen molar-refractivity contribution in [1.29, 1.82) is 0 Å². The van der Waals surface area contributed by atoms with Crippen LogP contribution in [0.4, 0.5) is 4.79 Å². The molecule has 3 heteroatoms. The summed E-state index contributed by atoms with van der Waals surface area (Å²) >= 11 is 0. The van der Waals surface area contributed by atoms with E-state index in [2.05, 4.69) is 5.32 Å². The highest BCUT2D eigenvalue weighted by Crippen LogP contribution is 1.95. The fraction of sp³-hybridized carbons (Fsp3) is 0.667. The lowest BCUT2D eigenvalue weighted by Crippen LogP contribution is -2.27. The van der Waals surface area contributed by atoms with E-state index >= 15 is 0 Å². The van der Waals surface area contributed by atoms with Crippen LogP contribution in [0.2, 0.25) is 0 Å². The van der Waals surface area contributed by atoms with Gasteiger partial charge in [0.2, 0.25) is 0 Å². The Morgan fingerprint density at radius 1 is 1.67 bits per heavy atom. The molecule has 0 fully saturated rings. The fourth-order valence-corrected chi connectivity index (χ4v) is 0.568. The number of carbonyl (C=O) groups excluding carboxylic acids is 1. The number of amides is 1. The van der Waals surface area contributed by atoms with Crippen molar-refractivity contribution in [3.05, 3.63) is 12.2 Å². The molecule has 0 aliphatic heterocycles. The van der Waals surface area contributed by atoms with Crippen molar-refractivity contribution in [3.63, 3.8) is 0 Å². The van der Waals surface area contributed by atoms with Crippen LogP contribution in [0.15, 0.2) is 12.2 Å². The highest BCUT2D eigenvalue weighted by molar-refractivity contribution is 5.67. The van der Waals surface area contributed by atoms with Crippen LogP contribution in [0.25, 0.3) is 0 Å². The second-order valence-corrected chi connectivity index (χ2v) is 2.57. The zero-order chi connectivity index (χ0) is 9.40. The van der Waals surface area contributed by atoms with E-state index in [0.717, 1.165) is 6.42 Å². The van der Waals surface area contributed by atoms with Gasteiger partial charge in [-0.1, -0.05) is 19.1 Å². The first-order chi connectivity index (χ1) is 5.70. The van der Waals surface area contributed by atoms with Crippen molar-refractivity contribution >= 4 is 6.09 Å². The first-order valence-electron chi connectivity index (χ1n) is 4.26. The SMILES string of the molecule is C/C=C/CNC(=O)OC(C)CC. The number of rotatable bonds is 4. The van der Waals surface area contributed by atoms with Crippen LogP contribution < -0.4 is 5.32 Å². The predicted octanol–water partition coefficient (Wildman–Crippen LogP) is 2.09. The van der Waals surface area contributed by atoms with Crippen LogP contribution in [0.5, 0.6) is 0 Å². The molecule has 0 aromatic carbocycles. The predicted molar refractivity (Wildman–Crippen MR) is 49.1 cm³/mol. The fourth-order valence-electron chi connectivity index (χ4n) is 0.568. The molecule has 1 amide bonds. The second-order valence-electron chi connectivity index (χ2n) is 2.57. The number of carbonyl (C=O) groups is 1. The summed E-state index contributed by atoms with van der Waals surface area (Å²) in [6.45, 7) is 6.28. The van der Waals surface area contributed by atoms with Gasteiger partial charge in [-0.2, -0.15) is 0 Å². The Labute approximate surface area is 73.8 Å². The van der Waals surface area contributed by atoms with Crippen molar-refractivity contribution < 1.29 is 9.53 Å². The lowest BCUT2D eigenvalue weighted by Gasteiger charge is -2.10. The molecule has 12 heavy (non-hydrogen) atoms. The van der Waals surface area contributed by atoms with Crippen molar-refractivity contribution in [1.82, 2.24) is 5.32 Å². The topological polar surface area (TPSA) is 38.3 Å². The molecule has 0 rings (SSSR count). The Balaban J connectivity index is 3.46. The molecular weight excluding hydrogens is 154 g/mol. The van der Waals surface area contributed by atoms with E-state index in [1.807, 2.05) is 32.9 Å².